The van der Waals surface area contributed by atoms with E-state index in [1.165, 1.54) is 5.56 Å². The van der Waals surface area contributed by atoms with Gasteiger partial charge in [-0.2, -0.15) is 0 Å². The Morgan fingerprint density at radius 1 is 1.24 bits per heavy atom. The zero-order valence-corrected chi connectivity index (χ0v) is 14.7. The molecule has 1 fully saturated rings. The highest BCUT2D eigenvalue weighted by molar-refractivity contribution is 7.13. The summed E-state index contributed by atoms with van der Waals surface area (Å²) in [5.74, 6) is -0.157. The summed E-state index contributed by atoms with van der Waals surface area (Å²) in [5, 5.41) is 5.45. The van der Waals surface area contributed by atoms with Crippen LogP contribution in [0.15, 0.2) is 60.2 Å². The van der Waals surface area contributed by atoms with Crippen molar-refractivity contribution in [3.05, 3.63) is 77.2 Å². The average molecular weight is 353 g/mol. The van der Waals surface area contributed by atoms with Crippen LogP contribution in [0.25, 0.3) is 10.4 Å². The highest BCUT2D eigenvalue weighted by Crippen LogP contribution is 2.30. The molecule has 25 heavy (non-hydrogen) atoms. The molecule has 3 heterocycles. The maximum absolute atomic E-state index is 14.2. The molecule has 0 amide bonds. The van der Waals surface area contributed by atoms with Gasteiger partial charge < -0.3 is 5.32 Å². The molecule has 0 bridgehead atoms. The molecule has 2 aromatic heterocycles. The number of nitrogens with one attached hydrogen (secondary N) is 1. The first kappa shape index (κ1) is 16.4. The van der Waals surface area contributed by atoms with Crippen LogP contribution in [0.4, 0.5) is 4.39 Å². The second kappa shape index (κ2) is 7.44. The molecule has 1 N–H and O–H groups in total. The van der Waals surface area contributed by atoms with Gasteiger partial charge in [-0.3, -0.25) is 9.88 Å². The number of benzene rings is 1. The molecule has 0 aliphatic carbocycles. The molecule has 1 unspecified atom stereocenters. The Morgan fingerprint density at radius 2 is 2.20 bits per heavy atom. The zero-order valence-electron chi connectivity index (χ0n) is 13.9. The molecule has 1 saturated heterocycles. The molecule has 5 heteroatoms. The van der Waals surface area contributed by atoms with Gasteiger partial charge in [0.1, 0.15) is 5.82 Å². The van der Waals surface area contributed by atoms with Crippen LogP contribution < -0.4 is 5.32 Å². The van der Waals surface area contributed by atoms with Gasteiger partial charge in [-0.05, 0) is 40.8 Å². The summed E-state index contributed by atoms with van der Waals surface area (Å²) in [6, 6.07) is 13.8. The molecule has 1 aromatic carbocycles. The van der Waals surface area contributed by atoms with E-state index in [0.29, 0.717) is 5.56 Å². The third-order valence-electron chi connectivity index (χ3n) is 4.63. The summed E-state index contributed by atoms with van der Waals surface area (Å²) in [5.41, 5.74) is 3.05. The summed E-state index contributed by atoms with van der Waals surface area (Å²) in [4.78, 5) is 7.68. The second-order valence-electron chi connectivity index (χ2n) is 6.27. The molecule has 0 saturated carbocycles. The first-order chi connectivity index (χ1) is 12.3. The van der Waals surface area contributed by atoms with Gasteiger partial charge in [0.05, 0.1) is 0 Å². The minimum Gasteiger partial charge on any atom is -0.314 e. The molecule has 0 spiro atoms. The molecular formula is C20H20FN3S. The Balaban J connectivity index is 1.59. The number of halogens is 1. The van der Waals surface area contributed by atoms with Crippen LogP contribution in [-0.4, -0.2) is 29.5 Å². The van der Waals surface area contributed by atoms with Crippen molar-refractivity contribution < 1.29 is 4.39 Å². The van der Waals surface area contributed by atoms with E-state index >= 15 is 0 Å². The van der Waals surface area contributed by atoms with Crippen LogP contribution in [0.5, 0.6) is 0 Å². The number of rotatable bonds is 4. The number of nitrogens with zero attached hydrogens (tertiary/aromatic N) is 2. The summed E-state index contributed by atoms with van der Waals surface area (Å²) in [6.07, 6.45) is 3.74. The molecule has 0 radical (unpaired) electrons. The van der Waals surface area contributed by atoms with E-state index in [2.05, 4.69) is 21.3 Å². The SMILES string of the molecule is Fc1ccc(CN2CCNCC2c2cccnc2)cc1-c1cccs1. The Hall–Kier alpha value is -2.08. The van der Waals surface area contributed by atoms with Crippen LogP contribution in [0.3, 0.4) is 0 Å². The molecule has 3 nitrogen and oxygen atoms in total. The molecule has 1 atom stereocenters. The maximum Gasteiger partial charge on any atom is 0.131 e. The molecule has 3 aromatic rings. The quantitative estimate of drug-likeness (QED) is 0.765. The van der Waals surface area contributed by atoms with Crippen molar-refractivity contribution in [2.75, 3.05) is 19.6 Å². The molecule has 1 aliphatic rings. The lowest BCUT2D eigenvalue weighted by Gasteiger charge is -2.36. The Morgan fingerprint density at radius 3 is 3.00 bits per heavy atom. The van der Waals surface area contributed by atoms with Crippen LogP contribution in [0, 0.1) is 5.82 Å². The van der Waals surface area contributed by atoms with E-state index in [-0.39, 0.29) is 11.9 Å². The van der Waals surface area contributed by atoms with E-state index in [1.54, 1.807) is 23.6 Å². The molecule has 4 rings (SSSR count). The standard InChI is InChI=1S/C20H20FN3S/c21-18-6-5-15(11-17(18)20-4-2-10-25-20)14-24-9-8-23-13-19(24)16-3-1-7-22-12-16/h1-7,10-12,19,23H,8-9,13-14H2. The zero-order chi connectivity index (χ0) is 17.1. The number of aromatic nitrogens is 1. The maximum atomic E-state index is 14.2. The topological polar surface area (TPSA) is 28.2 Å². The highest BCUT2D eigenvalue weighted by atomic mass is 32.1. The molecular weight excluding hydrogens is 333 g/mol. The van der Waals surface area contributed by atoms with Crippen molar-refractivity contribution in [3.63, 3.8) is 0 Å². The largest absolute Gasteiger partial charge is 0.314 e. The number of pyridine rings is 1. The van der Waals surface area contributed by atoms with Gasteiger partial charge in [0.25, 0.3) is 0 Å². The van der Waals surface area contributed by atoms with Crippen molar-refractivity contribution in [1.82, 2.24) is 15.2 Å². The summed E-state index contributed by atoms with van der Waals surface area (Å²) < 4.78 is 14.2. The lowest BCUT2D eigenvalue weighted by atomic mass is 10.0. The van der Waals surface area contributed by atoms with Crippen molar-refractivity contribution in [2.45, 2.75) is 12.6 Å². The third kappa shape index (κ3) is 3.63. The van der Waals surface area contributed by atoms with Gasteiger partial charge in [-0.1, -0.05) is 18.2 Å². The van der Waals surface area contributed by atoms with Crippen molar-refractivity contribution in [2.24, 2.45) is 0 Å². The van der Waals surface area contributed by atoms with Crippen LogP contribution >= 0.6 is 11.3 Å². The number of hydrogen-bond donors (Lipinski definition) is 1. The summed E-state index contributed by atoms with van der Waals surface area (Å²) in [7, 11) is 0. The van der Waals surface area contributed by atoms with Crippen molar-refractivity contribution in [3.8, 4) is 10.4 Å². The average Bonchev–Trinajstić information content (AvgIpc) is 3.19. The van der Waals surface area contributed by atoms with E-state index in [9.17, 15) is 4.39 Å². The summed E-state index contributed by atoms with van der Waals surface area (Å²) in [6.45, 7) is 3.64. The second-order valence-corrected chi connectivity index (χ2v) is 7.22. The van der Waals surface area contributed by atoms with Crippen molar-refractivity contribution >= 4 is 11.3 Å². The van der Waals surface area contributed by atoms with Gasteiger partial charge >= 0.3 is 0 Å². The highest BCUT2D eigenvalue weighted by Gasteiger charge is 2.24. The predicted molar refractivity (Wildman–Crippen MR) is 100.0 cm³/mol. The third-order valence-corrected chi connectivity index (χ3v) is 5.53. The van der Waals surface area contributed by atoms with E-state index in [1.807, 2.05) is 41.9 Å². The molecule has 1 aliphatic heterocycles. The summed E-state index contributed by atoms with van der Waals surface area (Å²) >= 11 is 1.57. The van der Waals surface area contributed by atoms with Gasteiger partial charge in [0.2, 0.25) is 0 Å². The fraction of sp³-hybridized carbons (Fsp3) is 0.250. The fourth-order valence-corrected chi connectivity index (χ4v) is 4.11. The van der Waals surface area contributed by atoms with Crippen LogP contribution in [0.2, 0.25) is 0 Å². The number of hydrogen-bond acceptors (Lipinski definition) is 4. The minimum atomic E-state index is -0.157. The Kier molecular flexibility index (Phi) is 4.88. The first-order valence-corrected chi connectivity index (χ1v) is 9.36. The van der Waals surface area contributed by atoms with Crippen molar-refractivity contribution in [1.29, 1.82) is 0 Å². The molecule has 128 valence electrons. The fourth-order valence-electron chi connectivity index (χ4n) is 3.36. The van der Waals surface area contributed by atoms with E-state index < -0.39 is 0 Å². The van der Waals surface area contributed by atoms with Crippen LogP contribution in [0.1, 0.15) is 17.2 Å². The minimum absolute atomic E-state index is 0.157. The number of piperazine rings is 1. The normalized spacial score (nSPS) is 18.4. The van der Waals surface area contributed by atoms with Gasteiger partial charge in [-0.15, -0.1) is 11.3 Å². The Labute approximate surface area is 151 Å². The smallest absolute Gasteiger partial charge is 0.131 e. The van der Waals surface area contributed by atoms with E-state index in [0.717, 1.165) is 36.6 Å². The van der Waals surface area contributed by atoms with E-state index in [4.69, 9.17) is 0 Å². The monoisotopic (exact) mass is 353 g/mol. The number of thiophene rings is 1. The lowest BCUT2D eigenvalue weighted by molar-refractivity contribution is 0.153. The lowest BCUT2D eigenvalue weighted by Crippen LogP contribution is -2.45. The first-order valence-electron chi connectivity index (χ1n) is 8.48. The van der Waals surface area contributed by atoms with Gasteiger partial charge in [0, 0.05) is 55.1 Å². The van der Waals surface area contributed by atoms with Gasteiger partial charge in [0.15, 0.2) is 0 Å². The predicted octanol–water partition coefficient (Wildman–Crippen LogP) is 4.10. The Bertz CT molecular complexity index is 820. The van der Waals surface area contributed by atoms with Crippen LogP contribution in [-0.2, 0) is 6.54 Å². The van der Waals surface area contributed by atoms with Gasteiger partial charge in [-0.25, -0.2) is 4.39 Å².